The summed E-state index contributed by atoms with van der Waals surface area (Å²) >= 11 is 0. The van der Waals surface area contributed by atoms with Gasteiger partial charge in [0.05, 0.1) is 5.56 Å². The Labute approximate surface area is 143 Å². The summed E-state index contributed by atoms with van der Waals surface area (Å²) in [5, 5.41) is 3.03. The maximum absolute atomic E-state index is 14.2. The summed E-state index contributed by atoms with van der Waals surface area (Å²) in [6, 6.07) is 6.45. The number of rotatable bonds is 4. The Morgan fingerprint density at radius 2 is 1.85 bits per heavy atom. The highest BCUT2D eigenvalue weighted by Gasteiger charge is 2.38. The van der Waals surface area contributed by atoms with Crippen molar-refractivity contribution >= 4 is 0 Å². The van der Waals surface area contributed by atoms with Gasteiger partial charge in [0.15, 0.2) is 0 Å². The first-order chi connectivity index (χ1) is 12.2. The number of halogens is 5. The van der Waals surface area contributed by atoms with Crippen LogP contribution in [0.2, 0.25) is 0 Å². The highest BCUT2D eigenvalue weighted by Crippen LogP contribution is 2.30. The summed E-state index contributed by atoms with van der Waals surface area (Å²) < 4.78 is 75.0. The molecule has 3 rings (SSSR count). The molecule has 10 heteroatoms. The number of nitrogens with zero attached hydrogens (tertiary/aromatic N) is 3. The summed E-state index contributed by atoms with van der Waals surface area (Å²) in [4.78, 5) is 7.09. The van der Waals surface area contributed by atoms with Crippen molar-refractivity contribution in [3.05, 3.63) is 59.1 Å². The van der Waals surface area contributed by atoms with Crippen LogP contribution in [0.1, 0.15) is 17.1 Å². The zero-order chi connectivity index (χ0) is 18.9. The van der Waals surface area contributed by atoms with Crippen molar-refractivity contribution in [2.45, 2.75) is 19.7 Å². The quantitative estimate of drug-likeness (QED) is 0.640. The van der Waals surface area contributed by atoms with Gasteiger partial charge in [-0.05, 0) is 25.1 Å². The van der Waals surface area contributed by atoms with Crippen LogP contribution in [0.4, 0.5) is 22.0 Å². The Morgan fingerprint density at radius 1 is 1.08 bits per heavy atom. The van der Waals surface area contributed by atoms with E-state index in [1.807, 2.05) is 0 Å². The van der Waals surface area contributed by atoms with Crippen molar-refractivity contribution in [3.63, 3.8) is 0 Å². The second kappa shape index (κ2) is 6.70. The SMILES string of the molecule is Cc1cccc(OCc2cc(F)c(-c3noc(C(F)(F)F)n3)cc2F)n1. The normalized spacial score (nSPS) is 11.6. The lowest BCUT2D eigenvalue weighted by Gasteiger charge is -2.08. The van der Waals surface area contributed by atoms with Gasteiger partial charge in [0, 0.05) is 17.3 Å². The maximum Gasteiger partial charge on any atom is 0.471 e. The second-order valence-corrected chi connectivity index (χ2v) is 5.25. The molecule has 0 saturated carbocycles. The lowest BCUT2D eigenvalue weighted by molar-refractivity contribution is -0.159. The number of aryl methyl sites for hydroxylation is 1. The van der Waals surface area contributed by atoms with Crippen LogP contribution in [0.3, 0.4) is 0 Å². The molecular weight excluding hydrogens is 361 g/mol. The Hall–Kier alpha value is -3.04. The molecule has 0 atom stereocenters. The number of aromatic nitrogens is 3. The van der Waals surface area contributed by atoms with Crippen LogP contribution < -0.4 is 4.74 Å². The van der Waals surface area contributed by atoms with E-state index < -0.39 is 35.1 Å². The van der Waals surface area contributed by atoms with Gasteiger partial charge in [0.1, 0.15) is 18.2 Å². The lowest BCUT2D eigenvalue weighted by atomic mass is 10.1. The Kier molecular flexibility index (Phi) is 4.58. The first-order valence-electron chi connectivity index (χ1n) is 7.19. The van der Waals surface area contributed by atoms with Crippen molar-refractivity contribution in [1.82, 2.24) is 15.1 Å². The smallest absolute Gasteiger partial charge is 0.471 e. The highest BCUT2D eigenvalue weighted by molar-refractivity contribution is 5.56. The van der Waals surface area contributed by atoms with Gasteiger partial charge in [-0.1, -0.05) is 11.2 Å². The summed E-state index contributed by atoms with van der Waals surface area (Å²) in [6.45, 7) is 1.42. The molecule has 0 bridgehead atoms. The zero-order valence-corrected chi connectivity index (χ0v) is 13.1. The third-order valence-corrected chi connectivity index (χ3v) is 3.28. The van der Waals surface area contributed by atoms with E-state index in [0.29, 0.717) is 11.8 Å². The molecule has 5 nitrogen and oxygen atoms in total. The average molecular weight is 371 g/mol. The van der Waals surface area contributed by atoms with E-state index in [1.54, 1.807) is 25.1 Å². The van der Waals surface area contributed by atoms with Gasteiger partial charge in [-0.3, -0.25) is 0 Å². The van der Waals surface area contributed by atoms with Gasteiger partial charge in [-0.25, -0.2) is 13.8 Å². The Bertz CT molecular complexity index is 940. The van der Waals surface area contributed by atoms with Crippen molar-refractivity contribution in [2.24, 2.45) is 0 Å². The summed E-state index contributed by atoms with van der Waals surface area (Å²) in [6.07, 6.45) is -4.88. The molecule has 1 aromatic carbocycles. The number of hydrogen-bond donors (Lipinski definition) is 0. The van der Waals surface area contributed by atoms with Crippen molar-refractivity contribution < 1.29 is 31.2 Å². The van der Waals surface area contributed by atoms with Crippen LogP contribution in [-0.4, -0.2) is 15.1 Å². The molecule has 0 radical (unpaired) electrons. The van der Waals surface area contributed by atoms with Crippen molar-refractivity contribution in [2.75, 3.05) is 0 Å². The molecule has 0 N–H and O–H groups in total. The Balaban J connectivity index is 1.83. The molecule has 0 spiro atoms. The molecule has 26 heavy (non-hydrogen) atoms. The first-order valence-corrected chi connectivity index (χ1v) is 7.19. The van der Waals surface area contributed by atoms with Crippen LogP contribution >= 0.6 is 0 Å². The maximum atomic E-state index is 14.2. The van der Waals surface area contributed by atoms with Crippen LogP contribution in [0.5, 0.6) is 5.88 Å². The molecule has 0 unspecified atom stereocenters. The van der Waals surface area contributed by atoms with E-state index >= 15 is 0 Å². The largest absolute Gasteiger partial charge is 0.473 e. The molecule has 0 aliphatic rings. The molecule has 3 aromatic rings. The molecule has 0 saturated heterocycles. The van der Waals surface area contributed by atoms with Gasteiger partial charge in [-0.2, -0.15) is 18.2 Å². The fourth-order valence-corrected chi connectivity index (χ4v) is 2.07. The van der Waals surface area contributed by atoms with E-state index in [2.05, 4.69) is 19.6 Å². The molecule has 136 valence electrons. The van der Waals surface area contributed by atoms with E-state index in [1.165, 1.54) is 0 Å². The van der Waals surface area contributed by atoms with Crippen LogP contribution in [0.15, 0.2) is 34.9 Å². The van der Waals surface area contributed by atoms with Crippen LogP contribution in [0, 0.1) is 18.6 Å². The zero-order valence-electron chi connectivity index (χ0n) is 13.1. The number of alkyl halides is 3. The lowest BCUT2D eigenvalue weighted by Crippen LogP contribution is -2.05. The number of benzene rings is 1. The van der Waals surface area contributed by atoms with Crippen LogP contribution in [0.25, 0.3) is 11.4 Å². The second-order valence-electron chi connectivity index (χ2n) is 5.25. The predicted octanol–water partition coefficient (Wildman–Crippen LogP) is 4.32. The van der Waals surface area contributed by atoms with Crippen molar-refractivity contribution in [1.29, 1.82) is 0 Å². The van der Waals surface area contributed by atoms with E-state index in [-0.39, 0.29) is 18.1 Å². The van der Waals surface area contributed by atoms with Crippen molar-refractivity contribution in [3.8, 4) is 17.3 Å². The van der Waals surface area contributed by atoms with Gasteiger partial charge >= 0.3 is 12.1 Å². The van der Waals surface area contributed by atoms with Gasteiger partial charge < -0.3 is 9.26 Å². The monoisotopic (exact) mass is 371 g/mol. The van der Waals surface area contributed by atoms with Gasteiger partial charge in [0.2, 0.25) is 11.7 Å². The van der Waals surface area contributed by atoms with Crippen LogP contribution in [-0.2, 0) is 12.8 Å². The molecule has 0 aliphatic carbocycles. The summed E-state index contributed by atoms with van der Waals surface area (Å²) in [7, 11) is 0. The molecule has 0 amide bonds. The molecule has 2 aromatic heterocycles. The average Bonchev–Trinajstić information content (AvgIpc) is 3.05. The number of pyridine rings is 1. The fourth-order valence-electron chi connectivity index (χ4n) is 2.07. The number of hydrogen-bond acceptors (Lipinski definition) is 5. The minimum atomic E-state index is -4.88. The predicted molar refractivity (Wildman–Crippen MR) is 78.0 cm³/mol. The minimum Gasteiger partial charge on any atom is -0.473 e. The highest BCUT2D eigenvalue weighted by atomic mass is 19.4. The van der Waals surface area contributed by atoms with E-state index in [0.717, 1.165) is 6.07 Å². The molecule has 2 heterocycles. The molecule has 0 fully saturated rings. The minimum absolute atomic E-state index is 0.144. The standard InChI is InChI=1S/C16H10F5N3O2/c1-8-3-2-4-13(22-8)25-7-9-5-12(18)10(6-11(9)17)14-23-15(26-24-14)16(19,20)21/h2-6H,7H2,1H3. The Morgan fingerprint density at radius 3 is 2.50 bits per heavy atom. The molecule has 0 aliphatic heterocycles. The third kappa shape index (κ3) is 3.79. The topological polar surface area (TPSA) is 61.0 Å². The fraction of sp³-hybridized carbons (Fsp3) is 0.188. The van der Waals surface area contributed by atoms with Gasteiger partial charge in [-0.15, -0.1) is 0 Å². The molecular formula is C16H10F5N3O2. The van der Waals surface area contributed by atoms with Gasteiger partial charge in [0.25, 0.3) is 0 Å². The first kappa shape index (κ1) is 17.8. The van der Waals surface area contributed by atoms with E-state index in [4.69, 9.17) is 4.74 Å². The number of ether oxygens (including phenoxy) is 1. The summed E-state index contributed by atoms with van der Waals surface area (Å²) in [5.74, 6) is -4.04. The summed E-state index contributed by atoms with van der Waals surface area (Å²) in [5.41, 5.74) is -0.0182. The van der Waals surface area contributed by atoms with E-state index in [9.17, 15) is 22.0 Å². The third-order valence-electron chi connectivity index (χ3n) is 3.28.